The summed E-state index contributed by atoms with van der Waals surface area (Å²) in [7, 11) is -4.58. The lowest BCUT2D eigenvalue weighted by Crippen LogP contribution is -2.29. The van der Waals surface area contributed by atoms with Gasteiger partial charge in [0.1, 0.15) is 37.3 Å². The summed E-state index contributed by atoms with van der Waals surface area (Å²) < 4.78 is 48.3. The van der Waals surface area contributed by atoms with Crippen LogP contribution in [-0.4, -0.2) is 156 Å². The zero-order chi connectivity index (χ0) is 45.9. The maximum atomic E-state index is 13.4. The number of carboxylic acid groups (broad SMARTS) is 2. The van der Waals surface area contributed by atoms with E-state index >= 15 is 0 Å². The molecule has 1 atom stereocenters. The number of nitrogens with zero attached hydrogens (tertiary/aromatic N) is 7. The fourth-order valence-electron chi connectivity index (χ4n) is 5.72. The summed E-state index contributed by atoms with van der Waals surface area (Å²) in [5, 5.41) is 30.1. The van der Waals surface area contributed by atoms with Crippen molar-refractivity contribution in [3.05, 3.63) is 76.9 Å². The van der Waals surface area contributed by atoms with Crippen molar-refractivity contribution in [1.82, 2.24) is 39.7 Å². The first-order chi connectivity index (χ1) is 30.1. The van der Waals surface area contributed by atoms with Crippen LogP contribution < -0.4 is 14.8 Å². The normalized spacial score (nSPS) is 11.9. The highest BCUT2D eigenvalue weighted by atomic mass is 31.2. The van der Waals surface area contributed by atoms with Crippen molar-refractivity contribution < 1.29 is 72.1 Å². The number of aromatic nitrogens is 5. The van der Waals surface area contributed by atoms with Gasteiger partial charge in [-0.15, -0.1) is 0 Å². The predicted octanol–water partition coefficient (Wildman–Crippen LogP) is 0.945. The molecule has 0 aliphatic heterocycles. The van der Waals surface area contributed by atoms with Gasteiger partial charge >= 0.3 is 19.5 Å². The Bertz CT molecular complexity index is 2260. The minimum Gasteiger partial charge on any atom is -0.490 e. The number of ether oxygens (including phenoxy) is 4. The van der Waals surface area contributed by atoms with Crippen molar-refractivity contribution in [2.24, 2.45) is 0 Å². The van der Waals surface area contributed by atoms with Gasteiger partial charge in [-0.25, -0.2) is 14.3 Å². The maximum absolute atomic E-state index is 13.4. The molecule has 3 heterocycles. The van der Waals surface area contributed by atoms with E-state index in [-0.39, 0.29) is 100 Å². The van der Waals surface area contributed by atoms with Gasteiger partial charge < -0.3 is 54.0 Å². The zero-order valence-electron chi connectivity index (χ0n) is 34.3. The van der Waals surface area contributed by atoms with Crippen LogP contribution in [0.1, 0.15) is 45.7 Å². The highest BCUT2D eigenvalue weighted by molar-refractivity contribution is 7.51. The third-order valence-electron chi connectivity index (χ3n) is 8.37. The van der Waals surface area contributed by atoms with Gasteiger partial charge in [0.15, 0.2) is 11.6 Å². The number of methoxy groups -OCH3 is 2. The minimum absolute atomic E-state index is 0.0699. The molecule has 0 aliphatic carbocycles. The van der Waals surface area contributed by atoms with Crippen molar-refractivity contribution in [3.8, 4) is 35.0 Å². The Morgan fingerprint density at radius 1 is 0.873 bits per heavy atom. The lowest BCUT2D eigenvalue weighted by atomic mass is 10.1. The Kier molecular flexibility index (Phi) is 19.6. The van der Waals surface area contributed by atoms with Crippen LogP contribution in [0.3, 0.4) is 0 Å². The van der Waals surface area contributed by atoms with Gasteiger partial charge in [-0.05, 0) is 36.8 Å². The Morgan fingerprint density at radius 2 is 1.48 bits per heavy atom. The highest BCUT2D eigenvalue weighted by Crippen LogP contribution is 2.35. The van der Waals surface area contributed by atoms with Gasteiger partial charge in [-0.1, -0.05) is 11.8 Å². The molecule has 0 saturated carbocycles. The van der Waals surface area contributed by atoms with E-state index in [0.717, 1.165) is 0 Å². The fraction of sp³-hybridized carbons (Fsp3) is 0.395. The molecule has 4 aromatic rings. The van der Waals surface area contributed by atoms with Crippen molar-refractivity contribution in [2.75, 3.05) is 72.9 Å². The average molecular weight is 919 g/mol. The highest BCUT2D eigenvalue weighted by Gasteiger charge is 2.22. The van der Waals surface area contributed by atoms with Crippen LogP contribution in [0.15, 0.2) is 48.8 Å². The molecule has 0 fully saturated rings. The summed E-state index contributed by atoms with van der Waals surface area (Å²) in [6, 6.07) is 9.31. The molecule has 6 N–H and O–H groups in total. The van der Waals surface area contributed by atoms with Crippen molar-refractivity contribution in [2.45, 2.75) is 25.9 Å². The van der Waals surface area contributed by atoms with Gasteiger partial charge in [0.25, 0.3) is 5.91 Å². The molecule has 4 rings (SSSR count). The number of benzene rings is 1. The first-order valence-electron chi connectivity index (χ1n) is 19.0. The number of aliphatic carboxylic acids is 2. The molecular weight excluding hydrogens is 870 g/mol. The van der Waals surface area contributed by atoms with Gasteiger partial charge in [0, 0.05) is 64.3 Å². The van der Waals surface area contributed by atoms with E-state index in [9.17, 15) is 48.1 Å². The molecule has 0 saturated heterocycles. The van der Waals surface area contributed by atoms with Crippen LogP contribution in [0.5, 0.6) is 11.5 Å². The number of amides is 1. The van der Waals surface area contributed by atoms with Crippen LogP contribution in [0.4, 0.5) is 0 Å². The molecule has 1 amide bonds. The van der Waals surface area contributed by atoms with E-state index in [1.807, 2.05) is 0 Å². The summed E-state index contributed by atoms with van der Waals surface area (Å²) in [6.45, 7) is -0.306. The molecule has 0 bridgehead atoms. The number of rotatable bonds is 27. The fourth-order valence-corrected chi connectivity index (χ4v) is 7.07. The molecular formula is C38H48N8O15P2. The standard InChI is InChI=1S/C38H48N8O15P2/c1-58-14-16-60-32-21-31(38(52)39-9-3-4-36(48)49)33(61-17-15-59-2)20-28(32)6-5-27-18-34(45-10-7-29(41-45)22-43(12-13-47)26-63(55,56)57)40-35(19-27)46-11-8-30(42-46)23-44(24-37(50)51)25-62(53)54/h7-8,10-11,13,18-21,62H,3-4,9,12,14-17,22-26H2,1-2H3,(H,39,52)(H,48,49)(H,50,51)(H,53,54)(H2,55,56,57). The number of hydrogen-bond acceptors (Lipinski definition) is 15. The Hall–Kier alpha value is -5.79. The van der Waals surface area contributed by atoms with E-state index in [2.05, 4.69) is 27.4 Å². The van der Waals surface area contributed by atoms with Gasteiger partial charge in [0.2, 0.25) is 8.03 Å². The first kappa shape index (κ1) is 49.9. The van der Waals surface area contributed by atoms with Crippen molar-refractivity contribution in [1.29, 1.82) is 0 Å². The zero-order valence-corrected chi connectivity index (χ0v) is 36.2. The maximum Gasteiger partial charge on any atom is 0.339 e. The smallest absolute Gasteiger partial charge is 0.339 e. The third-order valence-corrected chi connectivity index (χ3v) is 9.86. The Labute approximate surface area is 361 Å². The topological polar surface area (TPSA) is 308 Å². The second-order valence-electron chi connectivity index (χ2n) is 13.5. The molecule has 0 radical (unpaired) electrons. The molecule has 23 nitrogen and oxygen atoms in total. The van der Waals surface area contributed by atoms with Gasteiger partial charge in [-0.2, -0.15) is 10.2 Å². The predicted molar refractivity (Wildman–Crippen MR) is 222 cm³/mol. The van der Waals surface area contributed by atoms with E-state index in [1.165, 1.54) is 45.5 Å². The van der Waals surface area contributed by atoms with Gasteiger partial charge in [-0.3, -0.25) is 33.3 Å². The Balaban J connectivity index is 1.82. The van der Waals surface area contributed by atoms with E-state index < -0.39 is 46.3 Å². The van der Waals surface area contributed by atoms with E-state index in [1.54, 1.807) is 36.7 Å². The Morgan fingerprint density at radius 3 is 2.02 bits per heavy atom. The lowest BCUT2D eigenvalue weighted by Gasteiger charge is -2.18. The molecule has 3 aromatic heterocycles. The van der Waals surface area contributed by atoms with Crippen molar-refractivity contribution >= 4 is 39.8 Å². The quantitative estimate of drug-likeness (QED) is 0.0210. The number of aldehydes is 1. The first-order valence-corrected chi connectivity index (χ1v) is 22.3. The average Bonchev–Trinajstić information content (AvgIpc) is 3.88. The number of nitrogens with one attached hydrogen (secondary N) is 1. The van der Waals surface area contributed by atoms with E-state index in [0.29, 0.717) is 28.8 Å². The molecule has 1 aromatic carbocycles. The number of carboxylic acids is 2. The molecule has 25 heteroatoms. The minimum atomic E-state index is -4.51. The second kappa shape index (κ2) is 24.7. The summed E-state index contributed by atoms with van der Waals surface area (Å²) in [4.78, 5) is 82.8. The van der Waals surface area contributed by atoms with E-state index in [4.69, 9.17) is 29.0 Å². The number of hydrogen-bond donors (Lipinski definition) is 6. The van der Waals surface area contributed by atoms with Crippen LogP contribution in [0.2, 0.25) is 0 Å². The van der Waals surface area contributed by atoms with Crippen LogP contribution >= 0.6 is 15.6 Å². The van der Waals surface area contributed by atoms with Gasteiger partial charge in [0.05, 0.1) is 55.1 Å². The monoisotopic (exact) mass is 918 g/mol. The summed E-state index contributed by atoms with van der Waals surface area (Å²) in [5.41, 5.74) is 1.44. The number of carbonyl (C=O) groups excluding carboxylic acids is 2. The molecule has 63 heavy (non-hydrogen) atoms. The summed E-state index contributed by atoms with van der Waals surface area (Å²) >= 11 is 0. The largest absolute Gasteiger partial charge is 0.490 e. The molecule has 0 aliphatic rings. The summed E-state index contributed by atoms with van der Waals surface area (Å²) in [5.74, 6) is 4.17. The number of carbonyl (C=O) groups is 4. The van der Waals surface area contributed by atoms with Crippen LogP contribution in [-0.2, 0) is 46.1 Å². The molecule has 0 spiro atoms. The molecule has 340 valence electrons. The van der Waals surface area contributed by atoms with Crippen molar-refractivity contribution in [3.63, 3.8) is 0 Å². The third kappa shape index (κ3) is 17.1. The lowest BCUT2D eigenvalue weighted by molar-refractivity contribution is -0.138. The van der Waals surface area contributed by atoms with Crippen LogP contribution in [0, 0.1) is 11.8 Å². The van der Waals surface area contributed by atoms with Crippen LogP contribution in [0.25, 0.3) is 11.6 Å². The second-order valence-corrected chi connectivity index (χ2v) is 16.2. The SMILES string of the molecule is COCCOc1cc(C(=O)NCCCC(=O)O)c(OCCOC)cc1C#Cc1cc(-n2ccc(CN(CC(=O)O)C[PH](=O)O)n2)nc(-n2ccc(CN(CC=O)CP(=O)(O)O)n2)c1. The summed E-state index contributed by atoms with van der Waals surface area (Å²) in [6.07, 6.45) is 2.61. The molecule has 1 unspecified atom stereocenters. The number of pyridine rings is 1.